The third-order valence-electron chi connectivity index (χ3n) is 3.89. The van der Waals surface area contributed by atoms with E-state index in [-0.39, 0.29) is 6.03 Å². The van der Waals surface area contributed by atoms with Gasteiger partial charge in [0.15, 0.2) is 0 Å². The van der Waals surface area contributed by atoms with Gasteiger partial charge in [0.1, 0.15) is 0 Å². The van der Waals surface area contributed by atoms with E-state index in [9.17, 15) is 4.79 Å². The highest BCUT2D eigenvalue weighted by molar-refractivity contribution is 5.93. The monoisotopic (exact) mass is 273 g/mol. The van der Waals surface area contributed by atoms with Crippen LogP contribution in [0.25, 0.3) is 0 Å². The molecular weight excluding hydrogens is 250 g/mol. The number of rotatable bonds is 3. The minimum absolute atomic E-state index is 0.252. The number of benzene rings is 1. The summed E-state index contributed by atoms with van der Waals surface area (Å²) in [5.41, 5.74) is 9.41. The summed E-state index contributed by atoms with van der Waals surface area (Å²) in [7, 11) is 0. The standard InChI is InChI=1S/C16H23N3O/c1-11-7-8-15(14(17)9-11)19-16(20)18-10-12(2)13-5-3-4-6-13/h7-10,13H,3-6,17H2,1-2H3,(H2,18,19,20)/b12-10+. The first-order valence-electron chi connectivity index (χ1n) is 7.16. The highest BCUT2D eigenvalue weighted by Crippen LogP contribution is 2.30. The van der Waals surface area contributed by atoms with Crippen LogP contribution in [0, 0.1) is 12.8 Å². The Kier molecular flexibility index (Phi) is 4.66. The van der Waals surface area contributed by atoms with E-state index < -0.39 is 0 Å². The first-order chi connectivity index (χ1) is 9.56. The van der Waals surface area contributed by atoms with Gasteiger partial charge in [-0.25, -0.2) is 4.79 Å². The van der Waals surface area contributed by atoms with Crippen LogP contribution in [0.2, 0.25) is 0 Å². The molecule has 20 heavy (non-hydrogen) atoms. The van der Waals surface area contributed by atoms with Gasteiger partial charge in [-0.05, 0) is 50.3 Å². The van der Waals surface area contributed by atoms with Crippen LogP contribution >= 0.6 is 0 Å². The first kappa shape index (κ1) is 14.4. The number of anilines is 2. The number of carbonyl (C=O) groups is 1. The van der Waals surface area contributed by atoms with Gasteiger partial charge >= 0.3 is 6.03 Å². The van der Waals surface area contributed by atoms with Gasteiger partial charge in [0, 0.05) is 6.20 Å². The van der Waals surface area contributed by atoms with Crippen molar-refractivity contribution in [1.82, 2.24) is 5.32 Å². The molecule has 1 aliphatic carbocycles. The molecule has 0 unspecified atom stereocenters. The quantitative estimate of drug-likeness (QED) is 0.733. The second kappa shape index (κ2) is 6.46. The fraction of sp³-hybridized carbons (Fsp3) is 0.438. The molecule has 0 aliphatic heterocycles. The van der Waals surface area contributed by atoms with Crippen LogP contribution in [0.15, 0.2) is 30.0 Å². The maximum Gasteiger partial charge on any atom is 0.323 e. The number of nitrogen functional groups attached to an aromatic ring is 1. The lowest BCUT2D eigenvalue weighted by Gasteiger charge is -2.11. The van der Waals surface area contributed by atoms with Gasteiger partial charge in [-0.15, -0.1) is 0 Å². The van der Waals surface area contributed by atoms with Gasteiger partial charge in [-0.2, -0.15) is 0 Å². The summed E-state index contributed by atoms with van der Waals surface area (Å²) >= 11 is 0. The van der Waals surface area contributed by atoms with Crippen molar-refractivity contribution in [1.29, 1.82) is 0 Å². The van der Waals surface area contributed by atoms with Crippen molar-refractivity contribution >= 4 is 17.4 Å². The summed E-state index contributed by atoms with van der Waals surface area (Å²) in [6.45, 7) is 4.05. The van der Waals surface area contributed by atoms with Crippen LogP contribution in [-0.4, -0.2) is 6.03 Å². The summed E-state index contributed by atoms with van der Waals surface area (Å²) in [4.78, 5) is 11.8. The second-order valence-electron chi connectivity index (χ2n) is 5.56. The predicted molar refractivity (Wildman–Crippen MR) is 83.5 cm³/mol. The zero-order valence-electron chi connectivity index (χ0n) is 12.2. The second-order valence-corrected chi connectivity index (χ2v) is 5.56. The molecule has 0 radical (unpaired) electrons. The van der Waals surface area contributed by atoms with E-state index in [0.29, 0.717) is 17.3 Å². The van der Waals surface area contributed by atoms with E-state index in [1.54, 1.807) is 0 Å². The highest BCUT2D eigenvalue weighted by atomic mass is 16.2. The molecule has 1 aromatic rings. The number of nitrogens with two attached hydrogens (primary N) is 1. The molecule has 2 amide bonds. The topological polar surface area (TPSA) is 67.2 Å². The third kappa shape index (κ3) is 3.76. The van der Waals surface area contributed by atoms with Crippen molar-refractivity contribution in [3.05, 3.63) is 35.5 Å². The number of urea groups is 1. The largest absolute Gasteiger partial charge is 0.397 e. The molecule has 0 heterocycles. The molecule has 2 rings (SSSR count). The molecule has 1 fully saturated rings. The summed E-state index contributed by atoms with van der Waals surface area (Å²) in [5.74, 6) is 0.625. The Balaban J connectivity index is 1.90. The van der Waals surface area contributed by atoms with Crippen LogP contribution in [-0.2, 0) is 0 Å². The van der Waals surface area contributed by atoms with Crippen LogP contribution in [0.5, 0.6) is 0 Å². The molecule has 4 heteroatoms. The fourth-order valence-electron chi connectivity index (χ4n) is 2.63. The van der Waals surface area contributed by atoms with Crippen molar-refractivity contribution in [2.45, 2.75) is 39.5 Å². The van der Waals surface area contributed by atoms with Gasteiger partial charge < -0.3 is 16.4 Å². The minimum Gasteiger partial charge on any atom is -0.397 e. The predicted octanol–water partition coefficient (Wildman–Crippen LogP) is 3.79. The average Bonchev–Trinajstić information content (AvgIpc) is 2.93. The summed E-state index contributed by atoms with van der Waals surface area (Å²) in [6, 6.07) is 5.33. The van der Waals surface area contributed by atoms with E-state index in [1.807, 2.05) is 31.3 Å². The number of amides is 2. The summed E-state index contributed by atoms with van der Waals surface area (Å²) < 4.78 is 0. The van der Waals surface area contributed by atoms with Crippen LogP contribution in [0.3, 0.4) is 0 Å². The molecule has 1 saturated carbocycles. The molecule has 0 spiro atoms. The van der Waals surface area contributed by atoms with Gasteiger partial charge in [-0.1, -0.05) is 24.5 Å². The average molecular weight is 273 g/mol. The smallest absolute Gasteiger partial charge is 0.323 e. The minimum atomic E-state index is -0.252. The Morgan fingerprint density at radius 3 is 2.70 bits per heavy atom. The van der Waals surface area contributed by atoms with E-state index in [1.165, 1.54) is 31.3 Å². The van der Waals surface area contributed by atoms with Gasteiger partial charge in [0.2, 0.25) is 0 Å². The number of aryl methyl sites for hydroxylation is 1. The maximum atomic E-state index is 11.8. The fourth-order valence-corrected chi connectivity index (χ4v) is 2.63. The molecule has 4 nitrogen and oxygen atoms in total. The Hall–Kier alpha value is -1.97. The van der Waals surface area contributed by atoms with Crippen molar-refractivity contribution in [2.24, 2.45) is 5.92 Å². The maximum absolute atomic E-state index is 11.8. The van der Waals surface area contributed by atoms with Crippen molar-refractivity contribution in [2.75, 3.05) is 11.1 Å². The van der Waals surface area contributed by atoms with Crippen molar-refractivity contribution < 1.29 is 4.79 Å². The first-order valence-corrected chi connectivity index (χ1v) is 7.16. The van der Waals surface area contributed by atoms with E-state index in [2.05, 4.69) is 17.6 Å². The number of hydrogen-bond donors (Lipinski definition) is 3. The molecule has 1 aromatic carbocycles. The zero-order chi connectivity index (χ0) is 14.5. The third-order valence-corrected chi connectivity index (χ3v) is 3.89. The number of nitrogens with one attached hydrogen (secondary N) is 2. The Morgan fingerprint density at radius 2 is 2.05 bits per heavy atom. The van der Waals surface area contributed by atoms with E-state index >= 15 is 0 Å². The number of hydrogen-bond acceptors (Lipinski definition) is 2. The number of allylic oxidation sites excluding steroid dienone is 1. The molecule has 0 saturated heterocycles. The molecule has 0 aromatic heterocycles. The Labute approximate surface area is 120 Å². The van der Waals surface area contributed by atoms with Gasteiger partial charge in [0.25, 0.3) is 0 Å². The molecule has 0 atom stereocenters. The Morgan fingerprint density at radius 1 is 1.35 bits per heavy atom. The van der Waals surface area contributed by atoms with E-state index in [0.717, 1.165) is 5.56 Å². The van der Waals surface area contributed by atoms with Crippen LogP contribution in [0.4, 0.5) is 16.2 Å². The van der Waals surface area contributed by atoms with Crippen molar-refractivity contribution in [3.63, 3.8) is 0 Å². The van der Waals surface area contributed by atoms with E-state index in [4.69, 9.17) is 5.73 Å². The zero-order valence-corrected chi connectivity index (χ0v) is 12.2. The lowest BCUT2D eigenvalue weighted by molar-refractivity contribution is 0.255. The summed E-state index contributed by atoms with van der Waals surface area (Å²) in [5, 5.41) is 5.55. The molecule has 0 bridgehead atoms. The molecule has 4 N–H and O–H groups in total. The normalized spacial score (nSPS) is 16.2. The molecule has 108 valence electrons. The number of carbonyl (C=O) groups excluding carboxylic acids is 1. The SMILES string of the molecule is C/C(=C\NC(=O)Nc1ccc(C)cc1N)C1CCCC1. The molecule has 1 aliphatic rings. The lowest BCUT2D eigenvalue weighted by Crippen LogP contribution is -2.25. The van der Waals surface area contributed by atoms with Gasteiger partial charge in [-0.3, -0.25) is 0 Å². The van der Waals surface area contributed by atoms with Crippen LogP contribution in [0.1, 0.15) is 38.2 Å². The van der Waals surface area contributed by atoms with Crippen LogP contribution < -0.4 is 16.4 Å². The molecular formula is C16H23N3O. The van der Waals surface area contributed by atoms with Crippen molar-refractivity contribution in [3.8, 4) is 0 Å². The highest BCUT2D eigenvalue weighted by Gasteiger charge is 2.16. The summed E-state index contributed by atoms with van der Waals surface area (Å²) in [6.07, 6.45) is 6.87. The Bertz CT molecular complexity index is 516. The lowest BCUT2D eigenvalue weighted by atomic mass is 10.0. The van der Waals surface area contributed by atoms with Gasteiger partial charge in [0.05, 0.1) is 11.4 Å².